The number of β-lactam (4-membered cyclic amide) rings is 1. The number of aliphatic carboxylic acids is 1. The van der Waals surface area contributed by atoms with Crippen LogP contribution in [-0.4, -0.2) is 38.8 Å². The molecule has 1 aromatic rings. The van der Waals surface area contributed by atoms with Crippen LogP contribution in [0.5, 0.6) is 0 Å². The molecule has 1 N–H and O–H groups in total. The van der Waals surface area contributed by atoms with Crippen LogP contribution in [0.15, 0.2) is 18.3 Å². The zero-order chi connectivity index (χ0) is 19.6. The Bertz CT molecular complexity index is 727. The molecule has 6 heteroatoms. The molecule has 146 valence electrons. The Balaban J connectivity index is 1.65. The van der Waals surface area contributed by atoms with Crippen LogP contribution in [0.4, 0.5) is 0 Å². The highest BCUT2D eigenvalue weighted by Gasteiger charge is 2.54. The molecule has 2 amide bonds. The van der Waals surface area contributed by atoms with Gasteiger partial charge in [-0.25, -0.2) is 4.79 Å². The average Bonchev–Trinajstić information content (AvgIpc) is 2.64. The van der Waals surface area contributed by atoms with Gasteiger partial charge in [0.25, 0.3) is 0 Å². The van der Waals surface area contributed by atoms with Crippen LogP contribution in [0.3, 0.4) is 0 Å². The van der Waals surface area contributed by atoms with Gasteiger partial charge in [-0.15, -0.1) is 0 Å². The molecule has 2 heterocycles. The lowest BCUT2D eigenvalue weighted by atomic mass is 9.78. The standard InChI is InChI=1S/C21H28N2O4/c1-13(16-6-4-3-5-7-16)10-18(24)23-19(21(26)27)17(20(23)25)12-15-8-9-22-14(2)11-15/h8-9,11,13,16-17,19H,3-7,10,12H2,1-2H3,(H,26,27)/t13-,17+,19-/m0/s1. The summed E-state index contributed by atoms with van der Waals surface area (Å²) in [6.45, 7) is 3.90. The molecule has 1 aromatic heterocycles. The third kappa shape index (κ3) is 4.20. The van der Waals surface area contributed by atoms with E-state index in [0.29, 0.717) is 12.3 Å². The smallest absolute Gasteiger partial charge is 0.327 e. The van der Waals surface area contributed by atoms with Crippen LogP contribution < -0.4 is 0 Å². The largest absolute Gasteiger partial charge is 0.480 e. The summed E-state index contributed by atoms with van der Waals surface area (Å²) >= 11 is 0. The first kappa shape index (κ1) is 19.5. The summed E-state index contributed by atoms with van der Waals surface area (Å²) in [5.74, 6) is -1.81. The maximum atomic E-state index is 12.7. The zero-order valence-corrected chi connectivity index (χ0v) is 16.1. The lowest BCUT2D eigenvalue weighted by Gasteiger charge is -2.43. The fourth-order valence-corrected chi connectivity index (χ4v) is 4.54. The summed E-state index contributed by atoms with van der Waals surface area (Å²) in [6, 6.07) is 2.58. The molecule has 1 saturated carbocycles. The molecule has 2 aliphatic rings. The molecule has 0 aromatic carbocycles. The van der Waals surface area contributed by atoms with Crippen molar-refractivity contribution in [3.05, 3.63) is 29.6 Å². The van der Waals surface area contributed by atoms with Gasteiger partial charge in [0, 0.05) is 18.3 Å². The van der Waals surface area contributed by atoms with E-state index in [4.69, 9.17) is 0 Å². The monoisotopic (exact) mass is 372 g/mol. The van der Waals surface area contributed by atoms with Gasteiger partial charge in [0.15, 0.2) is 0 Å². The third-order valence-electron chi connectivity index (χ3n) is 6.10. The minimum absolute atomic E-state index is 0.182. The van der Waals surface area contributed by atoms with E-state index in [2.05, 4.69) is 4.98 Å². The fourth-order valence-electron chi connectivity index (χ4n) is 4.54. The lowest BCUT2D eigenvalue weighted by Crippen LogP contribution is -2.67. The van der Waals surface area contributed by atoms with E-state index >= 15 is 0 Å². The molecule has 0 unspecified atom stereocenters. The molecule has 27 heavy (non-hydrogen) atoms. The summed E-state index contributed by atoms with van der Waals surface area (Å²) in [5.41, 5.74) is 1.69. The molecule has 1 saturated heterocycles. The molecule has 3 atom stereocenters. The fraction of sp³-hybridized carbons (Fsp3) is 0.619. The third-order valence-corrected chi connectivity index (χ3v) is 6.10. The second kappa shape index (κ2) is 8.19. The quantitative estimate of drug-likeness (QED) is 0.776. The van der Waals surface area contributed by atoms with E-state index < -0.39 is 17.9 Å². The number of aryl methyl sites for hydroxylation is 1. The van der Waals surface area contributed by atoms with Gasteiger partial charge in [0.1, 0.15) is 6.04 Å². The first-order chi connectivity index (χ1) is 12.9. The first-order valence-corrected chi connectivity index (χ1v) is 9.88. The van der Waals surface area contributed by atoms with E-state index in [1.807, 2.05) is 19.9 Å². The number of hydrogen-bond acceptors (Lipinski definition) is 4. The number of imide groups is 1. The highest BCUT2D eigenvalue weighted by molar-refractivity contribution is 6.08. The van der Waals surface area contributed by atoms with Gasteiger partial charge in [0.2, 0.25) is 11.8 Å². The number of likely N-dealkylation sites (tertiary alicyclic amines) is 1. The Labute approximate surface area is 160 Å². The minimum Gasteiger partial charge on any atom is -0.480 e. The molecule has 6 nitrogen and oxygen atoms in total. The number of rotatable bonds is 6. The number of carbonyl (C=O) groups excluding carboxylic acids is 2. The molecular weight excluding hydrogens is 344 g/mol. The lowest BCUT2D eigenvalue weighted by molar-refractivity contribution is -0.177. The zero-order valence-electron chi connectivity index (χ0n) is 16.1. The highest BCUT2D eigenvalue weighted by atomic mass is 16.4. The Hall–Kier alpha value is -2.24. The van der Waals surface area contributed by atoms with Crippen molar-refractivity contribution < 1.29 is 19.5 Å². The molecule has 0 bridgehead atoms. The Morgan fingerprint density at radius 3 is 2.63 bits per heavy atom. The van der Waals surface area contributed by atoms with Gasteiger partial charge >= 0.3 is 5.97 Å². The number of carboxylic acid groups (broad SMARTS) is 1. The van der Waals surface area contributed by atoms with E-state index in [1.165, 1.54) is 19.3 Å². The van der Waals surface area contributed by atoms with Crippen LogP contribution in [0.1, 0.15) is 56.7 Å². The van der Waals surface area contributed by atoms with Crippen molar-refractivity contribution in [3.8, 4) is 0 Å². The summed E-state index contributed by atoms with van der Waals surface area (Å²) in [4.78, 5) is 42.1. The molecule has 1 aliphatic carbocycles. The first-order valence-electron chi connectivity index (χ1n) is 9.88. The molecule has 2 fully saturated rings. The van der Waals surface area contributed by atoms with Crippen molar-refractivity contribution in [2.24, 2.45) is 17.8 Å². The SMILES string of the molecule is Cc1cc(C[C@H]2C(=O)N(C(=O)C[C@H](C)C3CCCCC3)[C@@H]2C(=O)O)ccn1. The Morgan fingerprint density at radius 2 is 2.00 bits per heavy atom. The molecule has 1 aliphatic heterocycles. The van der Waals surface area contributed by atoms with Crippen molar-refractivity contribution in [2.45, 2.75) is 64.8 Å². The van der Waals surface area contributed by atoms with Crippen LogP contribution >= 0.6 is 0 Å². The normalized spacial score (nSPS) is 24.4. The molecular formula is C21H28N2O4. The average molecular weight is 372 g/mol. The van der Waals surface area contributed by atoms with Gasteiger partial charge in [-0.3, -0.25) is 19.5 Å². The van der Waals surface area contributed by atoms with Crippen molar-refractivity contribution in [3.63, 3.8) is 0 Å². The van der Waals surface area contributed by atoms with Crippen LogP contribution in [0.2, 0.25) is 0 Å². The number of nitrogens with zero attached hydrogens (tertiary/aromatic N) is 2. The predicted octanol–water partition coefficient (Wildman–Crippen LogP) is 2.98. The van der Waals surface area contributed by atoms with Crippen molar-refractivity contribution in [2.75, 3.05) is 0 Å². The Morgan fingerprint density at radius 1 is 1.30 bits per heavy atom. The van der Waals surface area contributed by atoms with Crippen LogP contribution in [0.25, 0.3) is 0 Å². The van der Waals surface area contributed by atoms with Crippen LogP contribution in [-0.2, 0) is 20.8 Å². The van der Waals surface area contributed by atoms with Gasteiger partial charge in [0.05, 0.1) is 5.92 Å². The topological polar surface area (TPSA) is 87.6 Å². The molecule has 0 radical (unpaired) electrons. The number of hydrogen-bond donors (Lipinski definition) is 1. The van der Waals surface area contributed by atoms with Gasteiger partial charge in [-0.2, -0.15) is 0 Å². The Kier molecular flexibility index (Phi) is 5.92. The van der Waals surface area contributed by atoms with Gasteiger partial charge < -0.3 is 5.11 Å². The number of pyridine rings is 1. The van der Waals surface area contributed by atoms with E-state index in [-0.39, 0.29) is 24.2 Å². The minimum atomic E-state index is -1.11. The summed E-state index contributed by atoms with van der Waals surface area (Å²) in [6.07, 6.45) is 8.09. The number of amides is 2. The maximum Gasteiger partial charge on any atom is 0.327 e. The van der Waals surface area contributed by atoms with Crippen molar-refractivity contribution in [1.29, 1.82) is 0 Å². The van der Waals surface area contributed by atoms with E-state index in [9.17, 15) is 19.5 Å². The number of aromatic nitrogens is 1. The number of carboxylic acids is 1. The second-order valence-electron chi connectivity index (χ2n) is 8.08. The van der Waals surface area contributed by atoms with Crippen LogP contribution in [0, 0.1) is 24.7 Å². The molecule has 0 spiro atoms. The summed E-state index contributed by atoms with van der Waals surface area (Å²) in [5, 5.41) is 9.60. The number of carbonyl (C=O) groups is 3. The highest BCUT2D eigenvalue weighted by Crippen LogP contribution is 2.35. The van der Waals surface area contributed by atoms with E-state index in [0.717, 1.165) is 29.0 Å². The summed E-state index contributed by atoms with van der Waals surface area (Å²) in [7, 11) is 0. The van der Waals surface area contributed by atoms with Crippen molar-refractivity contribution >= 4 is 17.8 Å². The second-order valence-corrected chi connectivity index (χ2v) is 8.08. The van der Waals surface area contributed by atoms with E-state index in [1.54, 1.807) is 12.3 Å². The molecule has 3 rings (SSSR count). The predicted molar refractivity (Wildman–Crippen MR) is 99.8 cm³/mol. The summed E-state index contributed by atoms with van der Waals surface area (Å²) < 4.78 is 0. The maximum absolute atomic E-state index is 12.7. The van der Waals surface area contributed by atoms with Crippen molar-refractivity contribution in [1.82, 2.24) is 9.88 Å². The van der Waals surface area contributed by atoms with Gasteiger partial charge in [-0.1, -0.05) is 39.0 Å². The van der Waals surface area contributed by atoms with Gasteiger partial charge in [-0.05, 0) is 42.9 Å².